The normalized spacial score (nSPS) is 14.6. The number of benzene rings is 1. The van der Waals surface area contributed by atoms with Crippen LogP contribution in [0.3, 0.4) is 0 Å². The maximum atomic E-state index is 5.35. The van der Waals surface area contributed by atoms with Gasteiger partial charge in [0.25, 0.3) is 0 Å². The van der Waals surface area contributed by atoms with Crippen molar-refractivity contribution in [3.8, 4) is 5.75 Å². The summed E-state index contributed by atoms with van der Waals surface area (Å²) in [6, 6.07) is 12.1. The molecule has 1 N–H and O–H groups in total. The highest BCUT2D eigenvalue weighted by Gasteiger charge is 2.16. The Bertz CT molecular complexity index is 726. The van der Waals surface area contributed by atoms with Crippen molar-refractivity contribution < 1.29 is 9.15 Å². The van der Waals surface area contributed by atoms with Crippen LogP contribution in [0.5, 0.6) is 5.75 Å². The van der Waals surface area contributed by atoms with Gasteiger partial charge >= 0.3 is 0 Å². The van der Waals surface area contributed by atoms with Crippen LogP contribution in [0.15, 0.2) is 58.1 Å². The molecule has 0 saturated heterocycles. The molecule has 2 heterocycles. The van der Waals surface area contributed by atoms with Gasteiger partial charge in [-0.05, 0) is 41.8 Å². The Balaban J connectivity index is 0.00000225. The fourth-order valence-electron chi connectivity index (χ4n) is 2.86. The van der Waals surface area contributed by atoms with Gasteiger partial charge in [0.1, 0.15) is 11.5 Å². The van der Waals surface area contributed by atoms with Crippen molar-refractivity contribution >= 4 is 35.5 Å². The van der Waals surface area contributed by atoms with Crippen LogP contribution in [0.1, 0.15) is 17.7 Å². The highest BCUT2D eigenvalue weighted by Crippen LogP contribution is 2.25. The van der Waals surface area contributed by atoms with Crippen LogP contribution in [0.25, 0.3) is 5.57 Å². The second kappa shape index (κ2) is 9.50. The van der Waals surface area contributed by atoms with Crippen molar-refractivity contribution in [2.24, 2.45) is 4.99 Å². The lowest BCUT2D eigenvalue weighted by Gasteiger charge is -2.29. The summed E-state index contributed by atoms with van der Waals surface area (Å²) in [5.74, 6) is 2.69. The summed E-state index contributed by atoms with van der Waals surface area (Å²) in [6.07, 6.45) is 4.93. The van der Waals surface area contributed by atoms with Gasteiger partial charge in [-0.1, -0.05) is 18.2 Å². The third-order valence-corrected chi connectivity index (χ3v) is 4.16. The van der Waals surface area contributed by atoms with Gasteiger partial charge in [0, 0.05) is 20.1 Å². The molecule has 0 spiro atoms. The Morgan fingerprint density at radius 1 is 1.32 bits per heavy atom. The van der Waals surface area contributed by atoms with Crippen molar-refractivity contribution in [3.05, 3.63) is 60.1 Å². The SMILES string of the molecule is CN=C(NCc1ccco1)N1CC=C(c2cccc(OC)c2)CC1.I. The second-order valence-corrected chi connectivity index (χ2v) is 5.64. The van der Waals surface area contributed by atoms with Crippen LogP contribution < -0.4 is 10.1 Å². The molecule has 0 bridgehead atoms. The molecule has 2 aromatic rings. The molecule has 0 unspecified atom stereocenters. The number of ether oxygens (including phenoxy) is 1. The predicted molar refractivity (Wildman–Crippen MR) is 111 cm³/mol. The number of rotatable bonds is 4. The van der Waals surface area contributed by atoms with Crippen LogP contribution >= 0.6 is 24.0 Å². The Morgan fingerprint density at radius 3 is 2.84 bits per heavy atom. The molecule has 3 rings (SSSR count). The van der Waals surface area contributed by atoms with E-state index >= 15 is 0 Å². The van der Waals surface area contributed by atoms with E-state index in [1.807, 2.05) is 31.3 Å². The summed E-state index contributed by atoms with van der Waals surface area (Å²) >= 11 is 0. The first-order valence-electron chi connectivity index (χ1n) is 8.11. The lowest BCUT2D eigenvalue weighted by molar-refractivity contribution is 0.414. The van der Waals surface area contributed by atoms with Gasteiger partial charge in [0.2, 0.25) is 0 Å². The molecule has 0 radical (unpaired) electrons. The number of nitrogens with zero attached hydrogens (tertiary/aromatic N) is 2. The van der Waals surface area contributed by atoms with Gasteiger partial charge in [0.05, 0.1) is 19.9 Å². The van der Waals surface area contributed by atoms with E-state index in [2.05, 4.69) is 33.4 Å². The van der Waals surface area contributed by atoms with Gasteiger partial charge in [0.15, 0.2) is 5.96 Å². The average molecular weight is 453 g/mol. The lowest BCUT2D eigenvalue weighted by Crippen LogP contribution is -2.43. The largest absolute Gasteiger partial charge is 0.497 e. The molecule has 0 fully saturated rings. The third-order valence-electron chi connectivity index (χ3n) is 4.16. The van der Waals surface area contributed by atoms with E-state index in [0.29, 0.717) is 6.54 Å². The summed E-state index contributed by atoms with van der Waals surface area (Å²) in [7, 11) is 3.51. The van der Waals surface area contributed by atoms with Gasteiger partial charge in [-0.2, -0.15) is 0 Å². The first kappa shape index (κ1) is 19.4. The minimum Gasteiger partial charge on any atom is -0.497 e. The maximum Gasteiger partial charge on any atom is 0.194 e. The zero-order chi connectivity index (χ0) is 16.8. The molecule has 1 aromatic carbocycles. The van der Waals surface area contributed by atoms with Crippen LogP contribution in [-0.2, 0) is 6.54 Å². The lowest BCUT2D eigenvalue weighted by atomic mass is 9.99. The van der Waals surface area contributed by atoms with Crippen molar-refractivity contribution in [1.29, 1.82) is 0 Å². The van der Waals surface area contributed by atoms with Crippen LogP contribution in [0, 0.1) is 0 Å². The van der Waals surface area contributed by atoms with Gasteiger partial charge in [-0.25, -0.2) is 0 Å². The topological polar surface area (TPSA) is 50.0 Å². The zero-order valence-electron chi connectivity index (χ0n) is 14.6. The Morgan fingerprint density at radius 2 is 2.20 bits per heavy atom. The molecule has 0 atom stereocenters. The van der Waals surface area contributed by atoms with Crippen LogP contribution in [-0.4, -0.2) is 38.1 Å². The third kappa shape index (κ3) is 5.01. The molecule has 0 saturated carbocycles. The number of halogens is 1. The first-order chi connectivity index (χ1) is 11.8. The van der Waals surface area contributed by atoms with Crippen LogP contribution in [0.2, 0.25) is 0 Å². The number of methoxy groups -OCH3 is 1. The summed E-state index contributed by atoms with van der Waals surface area (Å²) < 4.78 is 10.7. The molecule has 1 aliphatic heterocycles. The molecule has 1 aromatic heterocycles. The molecule has 0 amide bonds. The van der Waals surface area contributed by atoms with E-state index in [4.69, 9.17) is 9.15 Å². The number of hydrogen-bond donors (Lipinski definition) is 1. The molecule has 0 aliphatic carbocycles. The number of aliphatic imine (C=N–C) groups is 1. The number of nitrogens with one attached hydrogen (secondary N) is 1. The molecule has 1 aliphatic rings. The monoisotopic (exact) mass is 453 g/mol. The van der Waals surface area contributed by atoms with Gasteiger partial charge in [-0.3, -0.25) is 4.99 Å². The van der Waals surface area contributed by atoms with Crippen LogP contribution in [0.4, 0.5) is 0 Å². The highest BCUT2D eigenvalue weighted by atomic mass is 127. The number of furan rings is 1. The summed E-state index contributed by atoms with van der Waals surface area (Å²) in [5, 5.41) is 3.35. The van der Waals surface area contributed by atoms with E-state index in [9.17, 15) is 0 Å². The summed E-state index contributed by atoms with van der Waals surface area (Å²) in [6.45, 7) is 2.41. The van der Waals surface area contributed by atoms with E-state index < -0.39 is 0 Å². The zero-order valence-corrected chi connectivity index (χ0v) is 16.9. The second-order valence-electron chi connectivity index (χ2n) is 5.64. The quantitative estimate of drug-likeness (QED) is 0.435. The Labute approximate surface area is 165 Å². The fraction of sp³-hybridized carbons (Fsp3) is 0.316. The molecule has 25 heavy (non-hydrogen) atoms. The molecule has 6 heteroatoms. The van der Waals surface area contributed by atoms with Crippen molar-refractivity contribution in [2.75, 3.05) is 27.2 Å². The highest BCUT2D eigenvalue weighted by molar-refractivity contribution is 14.0. The van der Waals surface area contributed by atoms with Gasteiger partial charge in [-0.15, -0.1) is 24.0 Å². The predicted octanol–water partition coefficient (Wildman–Crippen LogP) is 3.77. The van der Waals surface area contributed by atoms with E-state index in [0.717, 1.165) is 37.0 Å². The standard InChI is InChI=1S/C19H23N3O2.HI/c1-20-19(21-14-18-7-4-12-24-18)22-10-8-15(9-11-22)16-5-3-6-17(13-16)23-2;/h3-8,12-13H,9-11,14H2,1-2H3,(H,20,21);1H. The summed E-state index contributed by atoms with van der Waals surface area (Å²) in [5.41, 5.74) is 2.58. The molecule has 5 nitrogen and oxygen atoms in total. The van der Waals surface area contributed by atoms with Crippen molar-refractivity contribution in [2.45, 2.75) is 13.0 Å². The Hall–Kier alpha value is -1.96. The van der Waals surface area contributed by atoms with Gasteiger partial charge < -0.3 is 19.4 Å². The summed E-state index contributed by atoms with van der Waals surface area (Å²) in [4.78, 5) is 6.62. The molecule has 134 valence electrons. The minimum atomic E-state index is 0. The number of guanidine groups is 1. The van der Waals surface area contributed by atoms with E-state index in [1.165, 1.54) is 11.1 Å². The molecular weight excluding hydrogens is 429 g/mol. The molecular formula is C19H24IN3O2. The first-order valence-corrected chi connectivity index (χ1v) is 8.11. The number of hydrogen-bond acceptors (Lipinski definition) is 3. The van der Waals surface area contributed by atoms with E-state index in [-0.39, 0.29) is 24.0 Å². The smallest absolute Gasteiger partial charge is 0.194 e. The Kier molecular flexibility index (Phi) is 7.36. The fourth-order valence-corrected chi connectivity index (χ4v) is 2.86. The van der Waals surface area contributed by atoms with Crippen molar-refractivity contribution in [1.82, 2.24) is 10.2 Å². The average Bonchev–Trinajstić information content (AvgIpc) is 3.16. The minimum absolute atomic E-state index is 0. The maximum absolute atomic E-state index is 5.35. The van der Waals surface area contributed by atoms with E-state index in [1.54, 1.807) is 13.4 Å². The van der Waals surface area contributed by atoms with Crippen molar-refractivity contribution in [3.63, 3.8) is 0 Å².